The maximum Gasteiger partial charge on any atom is 0.233 e. The number of carbonyl (C=O) groups is 1. The van der Waals surface area contributed by atoms with Crippen molar-refractivity contribution < 1.29 is 4.79 Å². The van der Waals surface area contributed by atoms with E-state index in [1.807, 2.05) is 29.5 Å². The van der Waals surface area contributed by atoms with E-state index in [9.17, 15) is 4.79 Å². The van der Waals surface area contributed by atoms with Gasteiger partial charge in [0.05, 0.1) is 10.8 Å². The molecule has 0 aliphatic heterocycles. The second-order valence-corrected chi connectivity index (χ2v) is 8.74. The molecular formula is C22H26N4OS. The summed E-state index contributed by atoms with van der Waals surface area (Å²) in [6.07, 6.45) is 8.23. The molecule has 0 fully saturated rings. The number of amides is 1. The number of aromatic nitrogens is 3. The topological polar surface area (TPSA) is 59.3 Å². The molecule has 1 aliphatic carbocycles. The van der Waals surface area contributed by atoms with Crippen molar-refractivity contribution in [3.05, 3.63) is 47.5 Å². The maximum atomic E-state index is 12.6. The van der Waals surface area contributed by atoms with Gasteiger partial charge in [0.25, 0.3) is 0 Å². The van der Waals surface area contributed by atoms with Gasteiger partial charge in [-0.15, -0.1) is 10.2 Å². The molecule has 0 spiro atoms. The zero-order valence-electron chi connectivity index (χ0n) is 16.4. The lowest BCUT2D eigenvalue weighted by Crippen LogP contribution is -2.32. The number of para-hydroxylation sites is 1. The van der Waals surface area contributed by atoms with Crippen molar-refractivity contribution in [3.63, 3.8) is 0 Å². The van der Waals surface area contributed by atoms with Crippen LogP contribution >= 0.6 is 11.8 Å². The van der Waals surface area contributed by atoms with Gasteiger partial charge in [0.2, 0.25) is 5.91 Å². The molecule has 1 atom stereocenters. The molecule has 0 bridgehead atoms. The normalized spacial score (nSPS) is 15.6. The quantitative estimate of drug-likeness (QED) is 0.487. The molecule has 1 aromatic carbocycles. The smallest absolute Gasteiger partial charge is 0.233 e. The van der Waals surface area contributed by atoms with Crippen molar-refractivity contribution in [1.82, 2.24) is 19.9 Å². The summed E-state index contributed by atoms with van der Waals surface area (Å²) in [5, 5.41) is 13.4. The van der Waals surface area contributed by atoms with Crippen molar-refractivity contribution in [1.29, 1.82) is 0 Å². The molecule has 0 radical (unpaired) electrons. The number of hydrogen-bond acceptors (Lipinski definition) is 4. The fourth-order valence-corrected chi connectivity index (χ4v) is 4.68. The Balaban J connectivity index is 1.46. The summed E-state index contributed by atoms with van der Waals surface area (Å²) >= 11 is 1.46. The van der Waals surface area contributed by atoms with Crippen LogP contribution in [0.3, 0.4) is 0 Å². The molecule has 146 valence electrons. The SMILES string of the molecule is Cc1cc2nnc(SC(C)C(=O)NCCC3=CCCCC3)n2c2ccccc12. The summed E-state index contributed by atoms with van der Waals surface area (Å²) in [5.41, 5.74) is 4.55. The summed E-state index contributed by atoms with van der Waals surface area (Å²) in [7, 11) is 0. The van der Waals surface area contributed by atoms with E-state index >= 15 is 0 Å². The number of pyridine rings is 1. The molecule has 28 heavy (non-hydrogen) atoms. The van der Waals surface area contributed by atoms with E-state index in [2.05, 4.69) is 40.6 Å². The fraction of sp³-hybridized carbons (Fsp3) is 0.409. The fourth-order valence-electron chi connectivity index (χ4n) is 3.78. The van der Waals surface area contributed by atoms with E-state index in [4.69, 9.17) is 0 Å². The van der Waals surface area contributed by atoms with E-state index < -0.39 is 0 Å². The summed E-state index contributed by atoms with van der Waals surface area (Å²) in [6.45, 7) is 4.72. The van der Waals surface area contributed by atoms with E-state index in [-0.39, 0.29) is 11.2 Å². The zero-order valence-corrected chi connectivity index (χ0v) is 17.3. The molecule has 6 heteroatoms. The number of aryl methyl sites for hydroxylation is 1. The predicted octanol–water partition coefficient (Wildman–Crippen LogP) is 4.68. The van der Waals surface area contributed by atoms with Crippen LogP contribution in [0.25, 0.3) is 16.6 Å². The average Bonchev–Trinajstić information content (AvgIpc) is 3.11. The number of nitrogens with zero attached hydrogens (tertiary/aromatic N) is 3. The van der Waals surface area contributed by atoms with Gasteiger partial charge in [0.1, 0.15) is 0 Å². The summed E-state index contributed by atoms with van der Waals surface area (Å²) in [5.74, 6) is 0.0505. The molecule has 2 aromatic heterocycles. The Bertz CT molecular complexity index is 1040. The van der Waals surface area contributed by atoms with Crippen LogP contribution in [-0.2, 0) is 4.79 Å². The highest BCUT2D eigenvalue weighted by Crippen LogP contribution is 2.28. The standard InChI is InChI=1S/C22H26N4OS/c1-15-14-20-24-25-22(26(20)19-11-7-6-10-18(15)19)28-16(2)21(27)23-13-12-17-8-4-3-5-9-17/h6-8,10-11,14,16H,3-5,9,12-13H2,1-2H3,(H,23,27). The number of benzene rings is 1. The molecule has 1 unspecified atom stereocenters. The van der Waals surface area contributed by atoms with Crippen LogP contribution in [0, 0.1) is 6.92 Å². The zero-order chi connectivity index (χ0) is 19.5. The maximum absolute atomic E-state index is 12.6. The molecule has 2 heterocycles. The Morgan fingerprint density at radius 2 is 2.14 bits per heavy atom. The highest BCUT2D eigenvalue weighted by atomic mass is 32.2. The van der Waals surface area contributed by atoms with Gasteiger partial charge in [-0.3, -0.25) is 9.20 Å². The number of carbonyl (C=O) groups excluding carboxylic acids is 1. The van der Waals surface area contributed by atoms with E-state index in [1.165, 1.54) is 54.0 Å². The third-order valence-corrected chi connectivity index (χ3v) is 6.40. The van der Waals surface area contributed by atoms with E-state index in [0.29, 0.717) is 6.54 Å². The molecule has 4 rings (SSSR count). The minimum absolute atomic E-state index is 0.0505. The summed E-state index contributed by atoms with van der Waals surface area (Å²) in [6, 6.07) is 10.3. The van der Waals surface area contributed by atoms with Gasteiger partial charge in [0.15, 0.2) is 10.8 Å². The van der Waals surface area contributed by atoms with Crippen LogP contribution in [0.1, 0.15) is 44.6 Å². The van der Waals surface area contributed by atoms with Crippen LogP contribution in [0.5, 0.6) is 0 Å². The van der Waals surface area contributed by atoms with Gasteiger partial charge in [-0.1, -0.05) is 41.6 Å². The van der Waals surface area contributed by atoms with Crippen LogP contribution in [0.15, 0.2) is 47.1 Å². The predicted molar refractivity (Wildman–Crippen MR) is 115 cm³/mol. The van der Waals surface area contributed by atoms with Gasteiger partial charge < -0.3 is 5.32 Å². The van der Waals surface area contributed by atoms with Crippen molar-refractivity contribution in [2.45, 2.75) is 56.4 Å². The average molecular weight is 395 g/mol. The first-order valence-electron chi connectivity index (χ1n) is 9.99. The highest BCUT2D eigenvalue weighted by molar-refractivity contribution is 8.00. The molecule has 1 amide bonds. The molecule has 1 aliphatic rings. The molecule has 5 nitrogen and oxygen atoms in total. The Hall–Kier alpha value is -2.34. The van der Waals surface area contributed by atoms with Gasteiger partial charge in [-0.05, 0) is 63.6 Å². The number of rotatable bonds is 6. The summed E-state index contributed by atoms with van der Waals surface area (Å²) < 4.78 is 2.05. The Labute approximate surface area is 169 Å². The van der Waals surface area contributed by atoms with Crippen LogP contribution in [0.2, 0.25) is 0 Å². The monoisotopic (exact) mass is 394 g/mol. The van der Waals surface area contributed by atoms with Crippen molar-refractivity contribution in [2.24, 2.45) is 0 Å². The third-order valence-electron chi connectivity index (χ3n) is 5.36. The number of nitrogens with one attached hydrogen (secondary N) is 1. The first-order valence-corrected chi connectivity index (χ1v) is 10.9. The summed E-state index contributed by atoms with van der Waals surface area (Å²) in [4.78, 5) is 12.6. The van der Waals surface area contributed by atoms with Gasteiger partial charge in [0, 0.05) is 11.9 Å². The Kier molecular flexibility index (Phi) is 5.67. The first-order chi connectivity index (χ1) is 13.6. The van der Waals surface area contributed by atoms with Crippen LogP contribution < -0.4 is 5.32 Å². The lowest BCUT2D eigenvalue weighted by Gasteiger charge is -2.15. The van der Waals surface area contributed by atoms with Crippen molar-refractivity contribution >= 4 is 34.2 Å². The first kappa shape index (κ1) is 19.0. The largest absolute Gasteiger partial charge is 0.355 e. The number of thioether (sulfide) groups is 1. The number of fused-ring (bicyclic) bond motifs is 3. The minimum Gasteiger partial charge on any atom is -0.355 e. The second kappa shape index (κ2) is 8.35. The lowest BCUT2D eigenvalue weighted by atomic mass is 9.97. The molecule has 0 saturated carbocycles. The van der Waals surface area contributed by atoms with Crippen LogP contribution in [-0.4, -0.2) is 32.3 Å². The van der Waals surface area contributed by atoms with E-state index in [1.54, 1.807) is 0 Å². The van der Waals surface area contributed by atoms with Gasteiger partial charge in [-0.2, -0.15) is 0 Å². The van der Waals surface area contributed by atoms with Crippen molar-refractivity contribution in [2.75, 3.05) is 6.54 Å². The number of allylic oxidation sites excluding steroid dienone is 1. The Morgan fingerprint density at radius 1 is 1.29 bits per heavy atom. The van der Waals surface area contributed by atoms with E-state index in [0.717, 1.165) is 22.7 Å². The van der Waals surface area contributed by atoms with Gasteiger partial charge >= 0.3 is 0 Å². The van der Waals surface area contributed by atoms with Gasteiger partial charge in [-0.25, -0.2) is 0 Å². The van der Waals surface area contributed by atoms with Crippen molar-refractivity contribution in [3.8, 4) is 0 Å². The molecular weight excluding hydrogens is 368 g/mol. The second-order valence-electron chi connectivity index (χ2n) is 7.43. The minimum atomic E-state index is -0.229. The third kappa shape index (κ3) is 3.92. The highest BCUT2D eigenvalue weighted by Gasteiger charge is 2.19. The molecule has 1 N–H and O–H groups in total. The Morgan fingerprint density at radius 3 is 2.96 bits per heavy atom. The molecule has 0 saturated heterocycles. The lowest BCUT2D eigenvalue weighted by molar-refractivity contribution is -0.120. The number of hydrogen-bond donors (Lipinski definition) is 1. The molecule has 3 aromatic rings. The van der Waals surface area contributed by atoms with Crippen LogP contribution in [0.4, 0.5) is 0 Å².